The van der Waals surface area contributed by atoms with Gasteiger partial charge in [0.2, 0.25) is 0 Å². The van der Waals surface area contributed by atoms with Gasteiger partial charge < -0.3 is 15.2 Å². The molecule has 1 atom stereocenters. The van der Waals surface area contributed by atoms with Crippen LogP contribution in [-0.4, -0.2) is 29.7 Å². The molecule has 0 aromatic heterocycles. The van der Waals surface area contributed by atoms with Crippen molar-refractivity contribution >= 4 is 17.3 Å². The zero-order valence-electron chi connectivity index (χ0n) is 12.3. The molecule has 116 valence electrons. The van der Waals surface area contributed by atoms with Crippen LogP contribution in [0.5, 0.6) is 5.75 Å². The highest BCUT2D eigenvalue weighted by molar-refractivity contribution is 5.72. The van der Waals surface area contributed by atoms with E-state index in [-0.39, 0.29) is 29.6 Å². The van der Waals surface area contributed by atoms with E-state index in [2.05, 4.69) is 5.32 Å². The Kier molecular flexibility index (Phi) is 5.95. The predicted octanol–water partition coefficient (Wildman–Crippen LogP) is 2.76. The first-order valence-corrected chi connectivity index (χ1v) is 6.64. The third kappa shape index (κ3) is 4.62. The lowest BCUT2D eigenvalue weighted by Crippen LogP contribution is -2.24. The highest BCUT2D eigenvalue weighted by Gasteiger charge is 2.23. The minimum atomic E-state index is -0.915. The number of carboxylic acid groups (broad SMARTS) is 1. The van der Waals surface area contributed by atoms with Crippen molar-refractivity contribution in [3.8, 4) is 5.75 Å². The largest absolute Gasteiger partial charge is 0.490 e. The molecule has 0 aliphatic rings. The number of ether oxygens (including phenoxy) is 1. The molecule has 2 N–H and O–H groups in total. The average molecular weight is 296 g/mol. The SMILES string of the molecule is COc1cccc(NCC(CC(C)C)C(=O)O)c1[N+](=O)[O-]. The van der Waals surface area contributed by atoms with E-state index in [0.29, 0.717) is 6.42 Å². The third-order valence-electron chi connectivity index (χ3n) is 3.05. The average Bonchev–Trinajstić information content (AvgIpc) is 2.41. The van der Waals surface area contributed by atoms with Gasteiger partial charge in [-0.3, -0.25) is 14.9 Å². The molecule has 0 fully saturated rings. The fourth-order valence-corrected chi connectivity index (χ4v) is 2.09. The zero-order valence-corrected chi connectivity index (χ0v) is 12.3. The molecule has 0 saturated heterocycles. The number of rotatable bonds is 8. The van der Waals surface area contributed by atoms with Crippen molar-refractivity contribution in [1.29, 1.82) is 0 Å². The molecule has 0 radical (unpaired) electrons. The number of nitrogens with zero attached hydrogens (tertiary/aromatic N) is 1. The first kappa shape index (κ1) is 16.7. The van der Waals surface area contributed by atoms with E-state index in [9.17, 15) is 20.0 Å². The van der Waals surface area contributed by atoms with Crippen LogP contribution >= 0.6 is 0 Å². The number of carboxylic acids is 1. The Morgan fingerprint density at radius 2 is 2.14 bits per heavy atom. The fraction of sp³-hybridized carbons (Fsp3) is 0.500. The van der Waals surface area contributed by atoms with Crippen molar-refractivity contribution in [3.05, 3.63) is 28.3 Å². The van der Waals surface area contributed by atoms with E-state index in [4.69, 9.17) is 4.74 Å². The fourth-order valence-electron chi connectivity index (χ4n) is 2.09. The molecule has 1 aromatic rings. The van der Waals surface area contributed by atoms with Gasteiger partial charge in [-0.05, 0) is 24.5 Å². The number of nitro benzene ring substituents is 1. The van der Waals surface area contributed by atoms with Crippen molar-refractivity contribution in [2.24, 2.45) is 11.8 Å². The number of methoxy groups -OCH3 is 1. The van der Waals surface area contributed by atoms with Gasteiger partial charge in [0.15, 0.2) is 5.75 Å². The van der Waals surface area contributed by atoms with Gasteiger partial charge in [-0.2, -0.15) is 0 Å². The van der Waals surface area contributed by atoms with E-state index in [1.165, 1.54) is 19.2 Å². The van der Waals surface area contributed by atoms with Crippen LogP contribution in [0.15, 0.2) is 18.2 Å². The van der Waals surface area contributed by atoms with Gasteiger partial charge in [-0.25, -0.2) is 0 Å². The van der Waals surface area contributed by atoms with E-state index in [1.54, 1.807) is 6.07 Å². The van der Waals surface area contributed by atoms with Crippen molar-refractivity contribution in [1.82, 2.24) is 0 Å². The van der Waals surface area contributed by atoms with Crippen LogP contribution in [0.2, 0.25) is 0 Å². The first-order chi connectivity index (χ1) is 9.86. The summed E-state index contributed by atoms with van der Waals surface area (Å²) < 4.78 is 4.97. The molecule has 1 unspecified atom stereocenters. The van der Waals surface area contributed by atoms with Crippen LogP contribution in [0.25, 0.3) is 0 Å². The van der Waals surface area contributed by atoms with E-state index in [1.807, 2.05) is 13.8 Å². The molecular weight excluding hydrogens is 276 g/mol. The van der Waals surface area contributed by atoms with Gasteiger partial charge in [-0.15, -0.1) is 0 Å². The molecule has 7 nitrogen and oxygen atoms in total. The number of nitro groups is 1. The van der Waals surface area contributed by atoms with Crippen LogP contribution in [-0.2, 0) is 4.79 Å². The molecule has 1 aromatic carbocycles. The summed E-state index contributed by atoms with van der Waals surface area (Å²) in [5, 5.41) is 23.2. The highest BCUT2D eigenvalue weighted by atomic mass is 16.6. The van der Waals surface area contributed by atoms with Crippen molar-refractivity contribution in [2.45, 2.75) is 20.3 Å². The lowest BCUT2D eigenvalue weighted by Gasteiger charge is -2.16. The maximum absolute atomic E-state index is 11.2. The van der Waals surface area contributed by atoms with Gasteiger partial charge in [0.05, 0.1) is 18.0 Å². The number of benzene rings is 1. The molecule has 0 aliphatic carbocycles. The standard InChI is InChI=1S/C14H20N2O5/c1-9(2)7-10(14(17)18)8-15-11-5-4-6-12(21-3)13(11)16(19)20/h4-6,9-10,15H,7-8H2,1-3H3,(H,17,18). The summed E-state index contributed by atoms with van der Waals surface area (Å²) in [5.41, 5.74) is 0.0723. The highest BCUT2D eigenvalue weighted by Crippen LogP contribution is 2.34. The molecule has 0 aliphatic heterocycles. The van der Waals surface area contributed by atoms with Crippen molar-refractivity contribution in [3.63, 3.8) is 0 Å². The lowest BCUT2D eigenvalue weighted by molar-refractivity contribution is -0.384. The normalized spacial score (nSPS) is 12.0. The van der Waals surface area contributed by atoms with Gasteiger partial charge in [-0.1, -0.05) is 19.9 Å². The number of carbonyl (C=O) groups is 1. The summed E-state index contributed by atoms with van der Waals surface area (Å²) in [6.07, 6.45) is 0.500. The summed E-state index contributed by atoms with van der Waals surface area (Å²) in [4.78, 5) is 21.8. The van der Waals surface area contributed by atoms with E-state index in [0.717, 1.165) is 0 Å². The summed E-state index contributed by atoms with van der Waals surface area (Å²) in [6, 6.07) is 4.65. The quantitative estimate of drug-likeness (QED) is 0.565. The molecule has 7 heteroatoms. The molecule has 0 bridgehead atoms. The predicted molar refractivity (Wildman–Crippen MR) is 78.7 cm³/mol. The van der Waals surface area contributed by atoms with Crippen LogP contribution in [0.3, 0.4) is 0 Å². The topological polar surface area (TPSA) is 102 Å². The Morgan fingerprint density at radius 3 is 2.62 bits per heavy atom. The monoisotopic (exact) mass is 296 g/mol. The number of nitrogens with one attached hydrogen (secondary N) is 1. The zero-order chi connectivity index (χ0) is 16.0. The van der Waals surface area contributed by atoms with Crippen LogP contribution in [0.4, 0.5) is 11.4 Å². The Bertz CT molecular complexity index is 516. The van der Waals surface area contributed by atoms with Crippen LogP contribution in [0.1, 0.15) is 20.3 Å². The van der Waals surface area contributed by atoms with E-state index < -0.39 is 16.8 Å². The Morgan fingerprint density at radius 1 is 1.48 bits per heavy atom. The van der Waals surface area contributed by atoms with Gasteiger partial charge in [0, 0.05) is 6.54 Å². The van der Waals surface area contributed by atoms with Gasteiger partial charge in [0.25, 0.3) is 0 Å². The summed E-state index contributed by atoms with van der Waals surface area (Å²) in [6.45, 7) is 4.00. The summed E-state index contributed by atoms with van der Waals surface area (Å²) in [5.74, 6) is -1.15. The van der Waals surface area contributed by atoms with Crippen LogP contribution in [0, 0.1) is 22.0 Å². The number of hydrogen-bond donors (Lipinski definition) is 2. The number of aliphatic carboxylic acids is 1. The minimum absolute atomic E-state index is 0.127. The third-order valence-corrected chi connectivity index (χ3v) is 3.05. The molecule has 21 heavy (non-hydrogen) atoms. The number of hydrogen-bond acceptors (Lipinski definition) is 5. The van der Waals surface area contributed by atoms with E-state index >= 15 is 0 Å². The van der Waals surface area contributed by atoms with Gasteiger partial charge in [0.1, 0.15) is 5.69 Å². The second-order valence-corrected chi connectivity index (χ2v) is 5.16. The molecule has 0 amide bonds. The van der Waals surface area contributed by atoms with Crippen molar-refractivity contribution in [2.75, 3.05) is 19.0 Å². The Labute approximate surface area is 123 Å². The first-order valence-electron chi connectivity index (χ1n) is 6.64. The summed E-state index contributed by atoms with van der Waals surface area (Å²) in [7, 11) is 1.35. The summed E-state index contributed by atoms with van der Waals surface area (Å²) >= 11 is 0. The second-order valence-electron chi connectivity index (χ2n) is 5.16. The smallest absolute Gasteiger partial charge is 0.333 e. The number of para-hydroxylation sites is 1. The van der Waals surface area contributed by atoms with Crippen LogP contribution < -0.4 is 10.1 Å². The maximum atomic E-state index is 11.2. The Balaban J connectivity index is 2.92. The maximum Gasteiger partial charge on any atom is 0.333 e. The minimum Gasteiger partial charge on any atom is -0.490 e. The molecule has 1 rings (SSSR count). The molecular formula is C14H20N2O5. The molecule has 0 spiro atoms. The Hall–Kier alpha value is -2.31. The van der Waals surface area contributed by atoms with Crippen molar-refractivity contribution < 1.29 is 19.6 Å². The lowest BCUT2D eigenvalue weighted by atomic mass is 9.97. The van der Waals surface area contributed by atoms with Gasteiger partial charge >= 0.3 is 11.7 Å². The second kappa shape index (κ2) is 7.47. The number of anilines is 1. The molecule has 0 saturated carbocycles. The molecule has 0 heterocycles.